The highest BCUT2D eigenvalue weighted by Crippen LogP contribution is 2.25. The maximum absolute atomic E-state index is 12.4. The summed E-state index contributed by atoms with van der Waals surface area (Å²) in [6.07, 6.45) is 6.22. The molecule has 0 aromatic carbocycles. The molecule has 0 aromatic rings. The van der Waals surface area contributed by atoms with Gasteiger partial charge in [-0.2, -0.15) is 0 Å². The lowest BCUT2D eigenvalue weighted by molar-refractivity contribution is -0.0337. The van der Waals surface area contributed by atoms with E-state index < -0.39 is 0 Å². The van der Waals surface area contributed by atoms with Crippen molar-refractivity contribution < 1.29 is 14.6 Å². The number of carbonyl (C=O) groups is 1. The zero-order valence-corrected chi connectivity index (χ0v) is 13.4. The van der Waals surface area contributed by atoms with E-state index in [1.54, 1.807) is 4.90 Å². The van der Waals surface area contributed by atoms with E-state index >= 15 is 0 Å². The number of aliphatic hydroxyl groups is 1. The predicted molar refractivity (Wildman–Crippen MR) is 82.2 cm³/mol. The minimum Gasteiger partial charge on any atom is -0.394 e. The molecule has 5 heteroatoms. The average Bonchev–Trinajstić information content (AvgIpc) is 2.97. The van der Waals surface area contributed by atoms with Crippen LogP contribution in [0.3, 0.4) is 0 Å². The Balaban J connectivity index is 1.86. The highest BCUT2D eigenvalue weighted by Gasteiger charge is 2.32. The van der Waals surface area contributed by atoms with E-state index in [1.165, 1.54) is 0 Å². The number of hydrogen-bond acceptors (Lipinski definition) is 3. The Kier molecular flexibility index (Phi) is 6.30. The van der Waals surface area contributed by atoms with Crippen molar-refractivity contribution in [3.63, 3.8) is 0 Å². The van der Waals surface area contributed by atoms with E-state index in [0.29, 0.717) is 5.92 Å². The van der Waals surface area contributed by atoms with Gasteiger partial charge in [-0.3, -0.25) is 0 Å². The van der Waals surface area contributed by atoms with Gasteiger partial charge in [0.25, 0.3) is 0 Å². The molecule has 3 atom stereocenters. The molecule has 0 radical (unpaired) electrons. The first kappa shape index (κ1) is 16.6. The van der Waals surface area contributed by atoms with Crippen LogP contribution in [0.15, 0.2) is 0 Å². The Labute approximate surface area is 128 Å². The molecule has 122 valence electrons. The van der Waals surface area contributed by atoms with Crippen LogP contribution in [0.5, 0.6) is 0 Å². The number of likely N-dealkylation sites (tertiary alicyclic amines) is 1. The Morgan fingerprint density at radius 1 is 1.38 bits per heavy atom. The molecule has 2 amide bonds. The standard InChI is InChI=1S/C16H30N2O3/c1-3-12(4-2)15-10-13(7-9-21-15)17-16(20)18-8-5-6-14(18)11-19/h12-15,19H,3-11H2,1-2H3,(H,17,20)/t13-,14+,15+/m1/s1. The molecule has 2 aliphatic heterocycles. The minimum atomic E-state index is -0.0123. The molecule has 0 unspecified atom stereocenters. The van der Waals surface area contributed by atoms with Gasteiger partial charge in [0.2, 0.25) is 0 Å². The lowest BCUT2D eigenvalue weighted by Crippen LogP contribution is -2.50. The topological polar surface area (TPSA) is 61.8 Å². The van der Waals surface area contributed by atoms with Crippen LogP contribution < -0.4 is 5.32 Å². The summed E-state index contributed by atoms with van der Waals surface area (Å²) in [5.41, 5.74) is 0. The number of amides is 2. The van der Waals surface area contributed by atoms with Crippen molar-refractivity contribution in [1.29, 1.82) is 0 Å². The van der Waals surface area contributed by atoms with Crippen molar-refractivity contribution in [2.24, 2.45) is 5.92 Å². The van der Waals surface area contributed by atoms with Crippen LogP contribution in [0.1, 0.15) is 52.4 Å². The summed E-state index contributed by atoms with van der Waals surface area (Å²) in [6, 6.07) is 0.193. The lowest BCUT2D eigenvalue weighted by Gasteiger charge is -2.35. The summed E-state index contributed by atoms with van der Waals surface area (Å²) in [7, 11) is 0. The Morgan fingerprint density at radius 3 is 2.81 bits per heavy atom. The fraction of sp³-hybridized carbons (Fsp3) is 0.938. The van der Waals surface area contributed by atoms with E-state index in [4.69, 9.17) is 4.74 Å². The van der Waals surface area contributed by atoms with Gasteiger partial charge in [-0.25, -0.2) is 4.79 Å². The van der Waals surface area contributed by atoms with E-state index in [1.807, 2.05) is 0 Å². The summed E-state index contributed by atoms with van der Waals surface area (Å²) in [4.78, 5) is 14.2. The number of hydrogen-bond donors (Lipinski definition) is 2. The maximum Gasteiger partial charge on any atom is 0.317 e. The van der Waals surface area contributed by atoms with Gasteiger partial charge >= 0.3 is 6.03 Å². The lowest BCUT2D eigenvalue weighted by atomic mass is 9.89. The number of carbonyl (C=O) groups excluding carboxylic acids is 1. The molecule has 0 aliphatic carbocycles. The zero-order chi connectivity index (χ0) is 15.2. The maximum atomic E-state index is 12.4. The monoisotopic (exact) mass is 298 g/mol. The Hall–Kier alpha value is -0.810. The van der Waals surface area contributed by atoms with Gasteiger partial charge in [0.1, 0.15) is 0 Å². The van der Waals surface area contributed by atoms with E-state index in [-0.39, 0.29) is 30.8 Å². The van der Waals surface area contributed by atoms with Crippen molar-refractivity contribution in [3.05, 3.63) is 0 Å². The first-order chi connectivity index (χ1) is 10.2. The highest BCUT2D eigenvalue weighted by molar-refractivity contribution is 5.75. The highest BCUT2D eigenvalue weighted by atomic mass is 16.5. The quantitative estimate of drug-likeness (QED) is 0.817. The normalized spacial score (nSPS) is 29.9. The van der Waals surface area contributed by atoms with Gasteiger partial charge in [0.15, 0.2) is 0 Å². The average molecular weight is 298 g/mol. The van der Waals surface area contributed by atoms with E-state index in [0.717, 1.165) is 51.7 Å². The van der Waals surface area contributed by atoms with Crippen LogP contribution in [0, 0.1) is 5.92 Å². The molecular formula is C16H30N2O3. The number of nitrogens with one attached hydrogen (secondary N) is 1. The number of ether oxygens (including phenoxy) is 1. The van der Waals surface area contributed by atoms with Gasteiger partial charge in [-0.05, 0) is 31.6 Å². The predicted octanol–water partition coefficient (Wildman–Crippen LogP) is 2.14. The molecule has 0 aromatic heterocycles. The molecule has 0 saturated carbocycles. The van der Waals surface area contributed by atoms with Crippen LogP contribution in [-0.4, -0.2) is 54.0 Å². The van der Waals surface area contributed by atoms with Crippen molar-refractivity contribution in [2.45, 2.75) is 70.6 Å². The van der Waals surface area contributed by atoms with Crippen LogP contribution in [0.4, 0.5) is 4.79 Å². The molecule has 21 heavy (non-hydrogen) atoms. The second kappa shape index (κ2) is 7.99. The van der Waals surface area contributed by atoms with Crippen molar-refractivity contribution in [1.82, 2.24) is 10.2 Å². The summed E-state index contributed by atoms with van der Waals surface area (Å²) in [5, 5.41) is 12.5. The van der Waals surface area contributed by atoms with Gasteiger partial charge in [-0.15, -0.1) is 0 Å². The third-order valence-corrected chi connectivity index (χ3v) is 5.07. The van der Waals surface area contributed by atoms with Crippen LogP contribution >= 0.6 is 0 Å². The Morgan fingerprint density at radius 2 is 2.14 bits per heavy atom. The second-order valence-corrected chi connectivity index (χ2v) is 6.33. The van der Waals surface area contributed by atoms with E-state index in [2.05, 4.69) is 19.2 Å². The van der Waals surface area contributed by atoms with Gasteiger partial charge in [-0.1, -0.05) is 26.7 Å². The fourth-order valence-electron chi connectivity index (χ4n) is 3.65. The largest absolute Gasteiger partial charge is 0.394 e. The van der Waals surface area contributed by atoms with Crippen molar-refractivity contribution in [2.75, 3.05) is 19.8 Å². The summed E-state index contributed by atoms with van der Waals surface area (Å²) in [5.74, 6) is 0.585. The second-order valence-electron chi connectivity index (χ2n) is 6.33. The van der Waals surface area contributed by atoms with Gasteiger partial charge in [0.05, 0.1) is 18.8 Å². The zero-order valence-electron chi connectivity index (χ0n) is 13.4. The van der Waals surface area contributed by atoms with Crippen LogP contribution in [0.2, 0.25) is 0 Å². The third kappa shape index (κ3) is 4.10. The Bertz CT molecular complexity index is 333. The fourth-order valence-corrected chi connectivity index (χ4v) is 3.65. The molecule has 2 N–H and O–H groups in total. The smallest absolute Gasteiger partial charge is 0.317 e. The molecule has 0 bridgehead atoms. The molecular weight excluding hydrogens is 268 g/mol. The molecule has 2 rings (SSSR count). The molecule has 2 saturated heterocycles. The van der Waals surface area contributed by atoms with Crippen molar-refractivity contribution in [3.8, 4) is 0 Å². The number of nitrogens with zero attached hydrogens (tertiary/aromatic N) is 1. The molecule has 2 fully saturated rings. The first-order valence-electron chi connectivity index (χ1n) is 8.49. The van der Waals surface area contributed by atoms with Crippen LogP contribution in [-0.2, 0) is 4.74 Å². The molecule has 2 aliphatic rings. The SMILES string of the molecule is CCC(CC)[C@@H]1C[C@H](NC(=O)N2CCC[C@H]2CO)CCO1. The third-order valence-electron chi connectivity index (χ3n) is 5.07. The van der Waals surface area contributed by atoms with E-state index in [9.17, 15) is 9.90 Å². The number of urea groups is 1. The van der Waals surface area contributed by atoms with Gasteiger partial charge in [0, 0.05) is 19.2 Å². The summed E-state index contributed by atoms with van der Waals surface area (Å²) in [6.45, 7) is 5.97. The van der Waals surface area contributed by atoms with Crippen molar-refractivity contribution >= 4 is 6.03 Å². The minimum absolute atomic E-state index is 0.000306. The number of aliphatic hydroxyl groups excluding tert-OH is 1. The summed E-state index contributed by atoms with van der Waals surface area (Å²) >= 11 is 0. The first-order valence-corrected chi connectivity index (χ1v) is 8.49. The van der Waals surface area contributed by atoms with Crippen LogP contribution in [0.25, 0.3) is 0 Å². The van der Waals surface area contributed by atoms with Gasteiger partial charge < -0.3 is 20.1 Å². The molecule has 0 spiro atoms. The summed E-state index contributed by atoms with van der Waals surface area (Å²) < 4.78 is 5.90. The molecule has 2 heterocycles. The number of rotatable bonds is 5. The molecule has 5 nitrogen and oxygen atoms in total.